The number of ether oxygens (including phenoxy) is 2. The van der Waals surface area contributed by atoms with Crippen molar-refractivity contribution in [3.63, 3.8) is 0 Å². The smallest absolute Gasteiger partial charge is 0.272 e. The molecule has 0 aliphatic heterocycles. The number of benzene rings is 2. The van der Waals surface area contributed by atoms with Gasteiger partial charge in [-0.05, 0) is 70.5 Å². The van der Waals surface area contributed by atoms with E-state index in [1.165, 1.54) is 41.6 Å². The van der Waals surface area contributed by atoms with E-state index in [0.717, 1.165) is 24.2 Å². The van der Waals surface area contributed by atoms with Gasteiger partial charge in [-0.25, -0.2) is 43.1 Å². The summed E-state index contributed by atoms with van der Waals surface area (Å²) < 4.78 is 52.7. The number of hydrogen-bond donors (Lipinski definition) is 0. The second kappa shape index (κ2) is 20.8. The highest BCUT2D eigenvalue weighted by molar-refractivity contribution is 6.01. The molecule has 6 rings (SSSR count). The molecular formula is C45H47F3N8O4. The fraction of sp³-hybridized carbons (Fsp3) is 0.289. The fourth-order valence-electron chi connectivity index (χ4n) is 6.13. The molecular weight excluding hydrogens is 774 g/mol. The number of alkyl halides is 2. The lowest BCUT2D eigenvalue weighted by molar-refractivity contribution is 0.0169. The predicted octanol–water partition coefficient (Wildman–Crippen LogP) is 8.50. The van der Waals surface area contributed by atoms with E-state index < -0.39 is 23.7 Å². The zero-order chi connectivity index (χ0) is 43.2. The van der Waals surface area contributed by atoms with E-state index >= 15 is 0 Å². The third kappa shape index (κ3) is 11.5. The van der Waals surface area contributed by atoms with Crippen molar-refractivity contribution in [1.29, 1.82) is 0 Å². The summed E-state index contributed by atoms with van der Waals surface area (Å²) in [4.78, 5) is 54.8. The molecule has 0 N–H and O–H groups in total. The highest BCUT2D eigenvalue weighted by Crippen LogP contribution is 2.28. The zero-order valence-corrected chi connectivity index (χ0v) is 34.3. The standard InChI is InChI=1S/C23H23F3N4O2.C22H24N4O2/c1-4-30(15(2)14-32-19-10-9-16(13-29-19)23(3,25)26)22(31)20-17(7-5-8-18(20)24)21-27-11-6-12-28-21;1-4-26(17(3)15-28-20-11-10-16(2)14-25-20)22(27)19-9-6-5-8-18(19)21-23-12-7-13-24-21/h5-13,15H,4,14H2,1-3H3;5-14,17H,4,15H2,1-3H3/t15-;17-/m00/s1. The summed E-state index contributed by atoms with van der Waals surface area (Å²) in [5, 5.41) is 0. The van der Waals surface area contributed by atoms with Gasteiger partial charge in [0.25, 0.3) is 17.7 Å². The number of aromatic nitrogens is 6. The summed E-state index contributed by atoms with van der Waals surface area (Å²) in [6, 6.07) is 20.9. The lowest BCUT2D eigenvalue weighted by Crippen LogP contribution is -2.42. The number of nitrogens with zero attached hydrogens (tertiary/aromatic N) is 8. The van der Waals surface area contributed by atoms with Gasteiger partial charge in [-0.3, -0.25) is 9.59 Å². The first-order valence-electron chi connectivity index (χ1n) is 19.4. The Morgan fingerprint density at radius 3 is 1.68 bits per heavy atom. The molecule has 0 saturated carbocycles. The van der Waals surface area contributed by atoms with Gasteiger partial charge in [0.15, 0.2) is 11.6 Å². The quantitative estimate of drug-likeness (QED) is 0.0992. The molecule has 0 saturated heterocycles. The van der Waals surface area contributed by atoms with Gasteiger partial charge in [-0.2, -0.15) is 0 Å². The van der Waals surface area contributed by atoms with Gasteiger partial charge < -0.3 is 19.3 Å². The lowest BCUT2D eigenvalue weighted by atomic mass is 10.0. The van der Waals surface area contributed by atoms with Gasteiger partial charge in [0.2, 0.25) is 11.8 Å². The molecule has 0 unspecified atom stereocenters. The van der Waals surface area contributed by atoms with Crippen LogP contribution in [0.5, 0.6) is 11.8 Å². The Hall–Kier alpha value is -6.77. The van der Waals surface area contributed by atoms with Crippen molar-refractivity contribution in [3.8, 4) is 34.5 Å². The molecule has 312 valence electrons. The van der Waals surface area contributed by atoms with Crippen molar-refractivity contribution < 1.29 is 32.2 Å². The third-order valence-corrected chi connectivity index (χ3v) is 9.34. The average molecular weight is 821 g/mol. The molecule has 0 aliphatic carbocycles. The summed E-state index contributed by atoms with van der Waals surface area (Å²) in [5.41, 5.74) is 2.32. The molecule has 4 aromatic heterocycles. The van der Waals surface area contributed by atoms with E-state index in [9.17, 15) is 22.8 Å². The van der Waals surface area contributed by atoms with E-state index in [4.69, 9.17) is 9.47 Å². The molecule has 0 fully saturated rings. The van der Waals surface area contributed by atoms with Crippen molar-refractivity contribution in [2.45, 2.75) is 59.5 Å². The van der Waals surface area contributed by atoms with Gasteiger partial charge in [0.1, 0.15) is 19.0 Å². The Kier molecular flexibility index (Phi) is 15.4. The summed E-state index contributed by atoms with van der Waals surface area (Å²) in [7, 11) is 0. The molecule has 12 nitrogen and oxygen atoms in total. The molecule has 2 atom stereocenters. The van der Waals surface area contributed by atoms with Crippen LogP contribution >= 0.6 is 0 Å². The first-order valence-corrected chi connectivity index (χ1v) is 19.4. The Morgan fingerprint density at radius 2 is 1.17 bits per heavy atom. The summed E-state index contributed by atoms with van der Waals surface area (Å²) in [6.07, 6.45) is 9.19. The Balaban J connectivity index is 0.000000230. The first kappa shape index (κ1) is 44.3. The van der Waals surface area contributed by atoms with Crippen molar-refractivity contribution in [3.05, 3.63) is 144 Å². The molecule has 0 spiro atoms. The van der Waals surface area contributed by atoms with Crippen molar-refractivity contribution >= 4 is 11.8 Å². The molecule has 2 aromatic carbocycles. The highest BCUT2D eigenvalue weighted by atomic mass is 19.3. The summed E-state index contributed by atoms with van der Waals surface area (Å²) >= 11 is 0. The number of aryl methyl sites for hydroxylation is 1. The minimum Gasteiger partial charge on any atom is -0.475 e. The number of carbonyl (C=O) groups is 2. The van der Waals surface area contributed by atoms with Gasteiger partial charge in [0.05, 0.1) is 23.2 Å². The number of rotatable bonds is 15. The molecule has 0 radical (unpaired) electrons. The number of carbonyl (C=O) groups excluding carboxylic acids is 2. The minimum atomic E-state index is -3.00. The van der Waals surface area contributed by atoms with E-state index in [1.54, 1.807) is 55.5 Å². The number of amides is 2. The molecule has 6 aromatic rings. The second-order valence-corrected chi connectivity index (χ2v) is 13.8. The summed E-state index contributed by atoms with van der Waals surface area (Å²) in [5.74, 6) is -2.79. The maximum Gasteiger partial charge on any atom is 0.272 e. The average Bonchev–Trinajstić information content (AvgIpc) is 3.26. The van der Waals surface area contributed by atoms with Crippen LogP contribution < -0.4 is 9.47 Å². The van der Waals surface area contributed by atoms with Crippen LogP contribution in [0.25, 0.3) is 22.8 Å². The van der Waals surface area contributed by atoms with Crippen LogP contribution in [-0.4, -0.2) is 89.9 Å². The molecule has 2 amide bonds. The van der Waals surface area contributed by atoms with Crippen LogP contribution in [0.3, 0.4) is 0 Å². The van der Waals surface area contributed by atoms with Crippen LogP contribution in [-0.2, 0) is 5.92 Å². The highest BCUT2D eigenvalue weighted by Gasteiger charge is 2.28. The van der Waals surface area contributed by atoms with E-state index in [2.05, 4.69) is 29.9 Å². The monoisotopic (exact) mass is 820 g/mol. The number of hydrogen-bond acceptors (Lipinski definition) is 10. The second-order valence-electron chi connectivity index (χ2n) is 13.8. The van der Waals surface area contributed by atoms with Gasteiger partial charge in [-0.1, -0.05) is 36.4 Å². The van der Waals surface area contributed by atoms with Gasteiger partial charge in [-0.15, -0.1) is 0 Å². The SMILES string of the molecule is CCN(C(=O)c1c(F)cccc1-c1ncccn1)[C@@H](C)COc1ccc(C(C)(F)F)cn1.CCN(C(=O)c1ccccc1-c1ncccn1)[C@@H](C)COc1ccc(C)cn1. The molecule has 0 bridgehead atoms. The Bertz CT molecular complexity index is 2300. The number of likely N-dealkylation sites (N-methyl/N-ethyl adjacent to an activating group) is 2. The maximum atomic E-state index is 14.7. The number of halogens is 3. The Labute approximate surface area is 347 Å². The van der Waals surface area contributed by atoms with Crippen LogP contribution in [0.15, 0.2) is 116 Å². The van der Waals surface area contributed by atoms with Crippen molar-refractivity contribution in [1.82, 2.24) is 39.7 Å². The normalized spacial score (nSPS) is 12.0. The van der Waals surface area contributed by atoms with Crippen molar-refractivity contribution in [2.75, 3.05) is 26.3 Å². The lowest BCUT2D eigenvalue weighted by Gasteiger charge is -2.28. The molecule has 15 heteroatoms. The maximum absolute atomic E-state index is 14.7. The number of pyridine rings is 2. The van der Waals surface area contributed by atoms with E-state index in [1.807, 2.05) is 57.2 Å². The van der Waals surface area contributed by atoms with Crippen LogP contribution in [0.2, 0.25) is 0 Å². The van der Waals surface area contributed by atoms with Crippen LogP contribution in [0.4, 0.5) is 13.2 Å². The minimum absolute atomic E-state index is 0.0417. The van der Waals surface area contributed by atoms with Gasteiger partial charge in [0, 0.05) is 86.0 Å². The molecule has 60 heavy (non-hydrogen) atoms. The fourth-order valence-corrected chi connectivity index (χ4v) is 6.13. The zero-order valence-electron chi connectivity index (χ0n) is 34.3. The first-order chi connectivity index (χ1) is 28.8. The van der Waals surface area contributed by atoms with Crippen molar-refractivity contribution in [2.24, 2.45) is 0 Å². The van der Waals surface area contributed by atoms with Crippen LogP contribution in [0.1, 0.15) is 66.5 Å². The molecule has 0 aliphatic rings. The summed E-state index contributed by atoms with van der Waals surface area (Å²) in [6.45, 7) is 11.5. The van der Waals surface area contributed by atoms with E-state index in [-0.39, 0.29) is 41.4 Å². The van der Waals surface area contributed by atoms with E-state index in [0.29, 0.717) is 42.5 Å². The largest absolute Gasteiger partial charge is 0.475 e. The molecule has 4 heterocycles. The van der Waals surface area contributed by atoms with Crippen LogP contribution in [0, 0.1) is 12.7 Å². The predicted molar refractivity (Wildman–Crippen MR) is 221 cm³/mol. The third-order valence-electron chi connectivity index (χ3n) is 9.34. The topological polar surface area (TPSA) is 136 Å². The Morgan fingerprint density at radius 1 is 0.650 bits per heavy atom. The van der Waals surface area contributed by atoms with Gasteiger partial charge >= 0.3 is 0 Å².